The van der Waals surface area contributed by atoms with Gasteiger partial charge in [0.05, 0.1) is 17.7 Å². The molecule has 0 aliphatic carbocycles. The third-order valence-corrected chi connectivity index (χ3v) is 4.93. The standard InChI is InChI=1S/C16H15N3O4S/c1-10-6-8-11(9-7-10)24(21,22)19-13-5-3-4-12-14(13)17-18-15(12)16(20)23-2/h3-9,19H,1-2H3,(H,17,18). The van der Waals surface area contributed by atoms with Crippen molar-refractivity contribution >= 4 is 32.6 Å². The van der Waals surface area contributed by atoms with Gasteiger partial charge >= 0.3 is 5.97 Å². The monoisotopic (exact) mass is 345 g/mol. The second-order valence-electron chi connectivity index (χ2n) is 5.21. The zero-order chi connectivity index (χ0) is 17.3. The van der Waals surface area contributed by atoms with Crippen molar-refractivity contribution in [2.24, 2.45) is 0 Å². The second kappa shape index (κ2) is 5.97. The third kappa shape index (κ3) is 2.83. The number of esters is 1. The molecule has 0 amide bonds. The van der Waals surface area contributed by atoms with E-state index in [0.717, 1.165) is 5.56 Å². The molecule has 7 nitrogen and oxygen atoms in total. The maximum Gasteiger partial charge on any atom is 0.356 e. The molecule has 2 N–H and O–H groups in total. The fourth-order valence-corrected chi connectivity index (χ4v) is 3.37. The Morgan fingerprint density at radius 1 is 1.17 bits per heavy atom. The summed E-state index contributed by atoms with van der Waals surface area (Å²) in [5, 5.41) is 7.08. The van der Waals surface area contributed by atoms with Crippen LogP contribution in [0, 0.1) is 6.92 Å². The van der Waals surface area contributed by atoms with Crippen molar-refractivity contribution in [3.05, 3.63) is 53.7 Å². The van der Waals surface area contributed by atoms with Crippen molar-refractivity contribution < 1.29 is 17.9 Å². The summed E-state index contributed by atoms with van der Waals surface area (Å²) < 4.78 is 32.2. The van der Waals surface area contributed by atoms with E-state index in [0.29, 0.717) is 10.9 Å². The van der Waals surface area contributed by atoms with Crippen LogP contribution in [-0.2, 0) is 14.8 Å². The van der Waals surface area contributed by atoms with Crippen LogP contribution in [0.15, 0.2) is 47.4 Å². The number of methoxy groups -OCH3 is 1. The summed E-state index contributed by atoms with van der Waals surface area (Å²) >= 11 is 0. The Labute approximate surface area is 138 Å². The molecular formula is C16H15N3O4S. The molecule has 0 aliphatic rings. The smallest absolute Gasteiger partial charge is 0.356 e. The number of benzene rings is 2. The van der Waals surface area contributed by atoms with Gasteiger partial charge in [0.15, 0.2) is 5.69 Å². The Kier molecular flexibility index (Phi) is 3.98. The quantitative estimate of drug-likeness (QED) is 0.707. The Balaban J connectivity index is 2.03. The summed E-state index contributed by atoms with van der Waals surface area (Å²) in [7, 11) is -2.50. The van der Waals surface area contributed by atoms with E-state index in [9.17, 15) is 13.2 Å². The molecule has 124 valence electrons. The van der Waals surface area contributed by atoms with Gasteiger partial charge in [-0.1, -0.05) is 29.8 Å². The van der Waals surface area contributed by atoms with Gasteiger partial charge in [-0.2, -0.15) is 5.10 Å². The molecule has 3 rings (SSSR count). The molecule has 2 aromatic carbocycles. The Morgan fingerprint density at radius 3 is 2.54 bits per heavy atom. The average molecular weight is 345 g/mol. The molecule has 0 saturated heterocycles. The number of aromatic nitrogens is 2. The number of H-pyrrole nitrogens is 1. The molecule has 8 heteroatoms. The number of fused-ring (bicyclic) bond motifs is 1. The predicted molar refractivity (Wildman–Crippen MR) is 89.4 cm³/mol. The van der Waals surface area contributed by atoms with E-state index in [1.165, 1.54) is 19.2 Å². The van der Waals surface area contributed by atoms with Crippen molar-refractivity contribution in [3.8, 4) is 0 Å². The zero-order valence-corrected chi connectivity index (χ0v) is 13.8. The van der Waals surface area contributed by atoms with Gasteiger partial charge in [-0.25, -0.2) is 13.2 Å². The topological polar surface area (TPSA) is 101 Å². The van der Waals surface area contributed by atoms with Gasteiger partial charge in [0.1, 0.15) is 5.52 Å². The van der Waals surface area contributed by atoms with E-state index >= 15 is 0 Å². The van der Waals surface area contributed by atoms with Crippen LogP contribution in [0.1, 0.15) is 16.1 Å². The number of hydrogen-bond acceptors (Lipinski definition) is 5. The van der Waals surface area contributed by atoms with E-state index in [1.54, 1.807) is 30.3 Å². The first-order valence-corrected chi connectivity index (χ1v) is 8.55. The number of carbonyl (C=O) groups excluding carboxylic acids is 1. The van der Waals surface area contributed by atoms with E-state index in [4.69, 9.17) is 0 Å². The number of nitrogens with zero attached hydrogens (tertiary/aromatic N) is 1. The summed E-state index contributed by atoms with van der Waals surface area (Å²) in [5.74, 6) is -0.573. The van der Waals surface area contributed by atoms with Gasteiger partial charge in [0.25, 0.3) is 10.0 Å². The molecule has 0 fully saturated rings. The summed E-state index contributed by atoms with van der Waals surface area (Å²) in [6, 6.07) is 11.4. The summed E-state index contributed by atoms with van der Waals surface area (Å²) in [4.78, 5) is 11.9. The van der Waals surface area contributed by atoms with Crippen molar-refractivity contribution in [1.82, 2.24) is 10.2 Å². The minimum Gasteiger partial charge on any atom is -0.464 e. The van der Waals surface area contributed by atoms with Crippen molar-refractivity contribution in [3.63, 3.8) is 0 Å². The highest BCUT2D eigenvalue weighted by molar-refractivity contribution is 7.92. The van der Waals surface area contributed by atoms with Crippen LogP contribution in [0.2, 0.25) is 0 Å². The number of ether oxygens (including phenoxy) is 1. The molecule has 0 bridgehead atoms. The van der Waals surface area contributed by atoms with E-state index in [-0.39, 0.29) is 16.3 Å². The summed E-state index contributed by atoms with van der Waals surface area (Å²) in [6.07, 6.45) is 0. The van der Waals surface area contributed by atoms with Gasteiger partial charge in [-0.05, 0) is 25.1 Å². The maximum atomic E-state index is 12.5. The first-order chi connectivity index (χ1) is 11.4. The highest BCUT2D eigenvalue weighted by atomic mass is 32.2. The van der Waals surface area contributed by atoms with Crippen molar-refractivity contribution in [2.75, 3.05) is 11.8 Å². The number of carbonyl (C=O) groups is 1. The maximum absolute atomic E-state index is 12.5. The average Bonchev–Trinajstić information content (AvgIpc) is 2.99. The summed E-state index contributed by atoms with van der Waals surface area (Å²) in [5.41, 5.74) is 1.75. The van der Waals surface area contributed by atoms with Gasteiger partial charge in [-0.3, -0.25) is 9.82 Å². The Hall–Kier alpha value is -2.87. The minimum atomic E-state index is -3.76. The van der Waals surface area contributed by atoms with Gasteiger partial charge in [0, 0.05) is 5.39 Å². The largest absolute Gasteiger partial charge is 0.464 e. The Bertz CT molecular complexity index is 1010. The lowest BCUT2D eigenvalue weighted by Crippen LogP contribution is -2.13. The molecule has 0 aliphatic heterocycles. The molecule has 1 aromatic heterocycles. The lowest BCUT2D eigenvalue weighted by molar-refractivity contribution is 0.0596. The molecule has 24 heavy (non-hydrogen) atoms. The van der Waals surface area contributed by atoms with Crippen LogP contribution in [-0.4, -0.2) is 31.7 Å². The van der Waals surface area contributed by atoms with Crippen LogP contribution >= 0.6 is 0 Å². The predicted octanol–water partition coefficient (Wildman–Crippen LogP) is 2.46. The zero-order valence-electron chi connectivity index (χ0n) is 13.0. The fourth-order valence-electron chi connectivity index (χ4n) is 2.30. The van der Waals surface area contributed by atoms with Crippen LogP contribution in [0.25, 0.3) is 10.9 Å². The SMILES string of the molecule is COC(=O)c1[nH]nc2c(NS(=O)(=O)c3ccc(C)cc3)cccc12. The first-order valence-electron chi connectivity index (χ1n) is 7.07. The molecule has 0 atom stereocenters. The van der Waals surface area contributed by atoms with Crippen LogP contribution in [0.4, 0.5) is 5.69 Å². The number of hydrogen-bond donors (Lipinski definition) is 2. The number of aryl methyl sites for hydroxylation is 1. The van der Waals surface area contributed by atoms with Crippen molar-refractivity contribution in [2.45, 2.75) is 11.8 Å². The number of para-hydroxylation sites is 1. The van der Waals surface area contributed by atoms with Crippen molar-refractivity contribution in [1.29, 1.82) is 0 Å². The minimum absolute atomic E-state index is 0.147. The lowest BCUT2D eigenvalue weighted by Gasteiger charge is -2.09. The number of aromatic amines is 1. The van der Waals surface area contributed by atoms with Crippen LogP contribution < -0.4 is 4.72 Å². The van der Waals surface area contributed by atoms with E-state index < -0.39 is 16.0 Å². The van der Waals surface area contributed by atoms with Crippen LogP contribution in [0.5, 0.6) is 0 Å². The molecule has 1 heterocycles. The second-order valence-corrected chi connectivity index (χ2v) is 6.89. The number of nitrogens with one attached hydrogen (secondary N) is 2. The third-order valence-electron chi connectivity index (χ3n) is 3.55. The van der Waals surface area contributed by atoms with E-state index in [2.05, 4.69) is 19.7 Å². The molecular weight excluding hydrogens is 330 g/mol. The lowest BCUT2D eigenvalue weighted by atomic mass is 10.2. The molecule has 0 radical (unpaired) electrons. The molecule has 3 aromatic rings. The fraction of sp³-hybridized carbons (Fsp3) is 0.125. The van der Waals surface area contributed by atoms with Crippen LogP contribution in [0.3, 0.4) is 0 Å². The van der Waals surface area contributed by atoms with Gasteiger partial charge < -0.3 is 4.74 Å². The van der Waals surface area contributed by atoms with Gasteiger partial charge in [-0.15, -0.1) is 0 Å². The molecule has 0 saturated carbocycles. The highest BCUT2D eigenvalue weighted by Crippen LogP contribution is 2.26. The first kappa shape index (κ1) is 16.0. The molecule has 0 unspecified atom stereocenters. The van der Waals surface area contributed by atoms with E-state index in [1.807, 2.05) is 6.92 Å². The number of sulfonamides is 1. The number of anilines is 1. The van der Waals surface area contributed by atoms with Gasteiger partial charge in [0.2, 0.25) is 0 Å². The normalized spacial score (nSPS) is 11.4. The summed E-state index contributed by atoms with van der Waals surface area (Å²) in [6.45, 7) is 1.88. The molecule has 0 spiro atoms. The highest BCUT2D eigenvalue weighted by Gasteiger charge is 2.19. The number of rotatable bonds is 4. The Morgan fingerprint density at radius 2 is 1.88 bits per heavy atom.